The Balaban J connectivity index is 1.79. The minimum absolute atomic E-state index is 0.256. The first-order valence-corrected chi connectivity index (χ1v) is 8.81. The molecule has 0 spiro atoms. The van der Waals surface area contributed by atoms with Crippen molar-refractivity contribution in [2.45, 2.75) is 58.9 Å². The van der Waals surface area contributed by atoms with E-state index in [1.165, 1.54) is 12.8 Å². The number of carbonyl (C=O) groups excluding carboxylic acids is 1. The number of hydrogen-bond acceptors (Lipinski definition) is 2. The van der Waals surface area contributed by atoms with E-state index in [0.717, 1.165) is 48.4 Å². The van der Waals surface area contributed by atoms with Gasteiger partial charge >= 0.3 is 0 Å². The zero-order valence-corrected chi connectivity index (χ0v) is 14.5. The molecule has 4 nitrogen and oxygen atoms in total. The molecule has 124 valence electrons. The van der Waals surface area contributed by atoms with Crippen LogP contribution in [0.3, 0.4) is 0 Å². The summed E-state index contributed by atoms with van der Waals surface area (Å²) in [6.07, 6.45) is 5.28. The number of amides is 1. The quantitative estimate of drug-likeness (QED) is 0.862. The summed E-state index contributed by atoms with van der Waals surface area (Å²) in [7, 11) is 0. The maximum atomic E-state index is 12.5. The average Bonchev–Trinajstić information content (AvgIpc) is 2.68. The Labute approximate surface area is 138 Å². The first-order valence-electron chi connectivity index (χ1n) is 8.81. The maximum absolute atomic E-state index is 12.5. The van der Waals surface area contributed by atoms with Crippen LogP contribution in [0, 0.1) is 6.92 Å². The molecule has 1 saturated heterocycles. The molecule has 1 aliphatic rings. The van der Waals surface area contributed by atoms with Crippen LogP contribution in [0.15, 0.2) is 18.2 Å². The summed E-state index contributed by atoms with van der Waals surface area (Å²) >= 11 is 0. The fraction of sp³-hybridized carbons (Fsp3) is 0.579. The second-order valence-electron chi connectivity index (χ2n) is 6.92. The van der Waals surface area contributed by atoms with Crippen LogP contribution in [0.5, 0.6) is 0 Å². The summed E-state index contributed by atoms with van der Waals surface area (Å²) in [5.41, 5.74) is 3.22. The van der Waals surface area contributed by atoms with Gasteiger partial charge < -0.3 is 9.47 Å². The van der Waals surface area contributed by atoms with Crippen LogP contribution in [0.4, 0.5) is 0 Å². The van der Waals surface area contributed by atoms with E-state index < -0.39 is 0 Å². The van der Waals surface area contributed by atoms with Gasteiger partial charge in [-0.05, 0) is 51.3 Å². The van der Waals surface area contributed by atoms with Crippen LogP contribution >= 0.6 is 0 Å². The van der Waals surface area contributed by atoms with Gasteiger partial charge in [-0.15, -0.1) is 0 Å². The highest BCUT2D eigenvalue weighted by molar-refractivity contribution is 5.82. The Morgan fingerprint density at radius 2 is 1.87 bits per heavy atom. The largest absolute Gasteiger partial charge is 0.342 e. The molecular formula is C19H27N3O. The molecule has 4 heteroatoms. The zero-order valence-electron chi connectivity index (χ0n) is 14.5. The van der Waals surface area contributed by atoms with Crippen LogP contribution in [0.25, 0.3) is 11.0 Å². The number of benzene rings is 1. The summed E-state index contributed by atoms with van der Waals surface area (Å²) in [6, 6.07) is 6.67. The molecule has 1 amide bonds. The number of imidazole rings is 1. The fourth-order valence-corrected chi connectivity index (χ4v) is 3.63. The molecule has 2 heterocycles. The minimum Gasteiger partial charge on any atom is -0.342 e. The molecule has 23 heavy (non-hydrogen) atoms. The van der Waals surface area contributed by atoms with Crippen LogP contribution < -0.4 is 0 Å². The highest BCUT2D eigenvalue weighted by Gasteiger charge is 2.17. The van der Waals surface area contributed by atoms with Crippen molar-refractivity contribution in [1.29, 1.82) is 0 Å². The monoisotopic (exact) mass is 313 g/mol. The van der Waals surface area contributed by atoms with E-state index in [2.05, 4.69) is 41.6 Å². The summed E-state index contributed by atoms with van der Waals surface area (Å²) in [6.45, 7) is 8.22. The Kier molecular flexibility index (Phi) is 4.69. The molecule has 2 aromatic rings. The molecular weight excluding hydrogens is 286 g/mol. The van der Waals surface area contributed by atoms with Gasteiger partial charge in [0, 0.05) is 19.1 Å². The topological polar surface area (TPSA) is 38.1 Å². The second-order valence-corrected chi connectivity index (χ2v) is 6.92. The predicted molar refractivity (Wildman–Crippen MR) is 93.6 cm³/mol. The van der Waals surface area contributed by atoms with Crippen LogP contribution in [0.2, 0.25) is 0 Å². The molecule has 1 aromatic heterocycles. The van der Waals surface area contributed by atoms with Crippen molar-refractivity contribution in [3.63, 3.8) is 0 Å². The Morgan fingerprint density at radius 3 is 2.52 bits per heavy atom. The molecule has 0 atom stereocenters. The Bertz CT molecular complexity index is 694. The third-order valence-corrected chi connectivity index (χ3v) is 4.76. The normalized spacial score (nSPS) is 16.1. The van der Waals surface area contributed by atoms with E-state index in [1.807, 2.05) is 11.8 Å². The fourth-order valence-electron chi connectivity index (χ4n) is 3.63. The number of likely N-dealkylation sites (tertiary alicyclic amines) is 1. The third kappa shape index (κ3) is 3.41. The van der Waals surface area contributed by atoms with E-state index in [-0.39, 0.29) is 5.91 Å². The van der Waals surface area contributed by atoms with Crippen LogP contribution in [-0.4, -0.2) is 33.4 Å². The molecule has 0 bridgehead atoms. The van der Waals surface area contributed by atoms with E-state index in [0.29, 0.717) is 12.5 Å². The average molecular weight is 313 g/mol. The lowest BCUT2D eigenvalue weighted by Gasteiger charge is -2.20. The summed E-state index contributed by atoms with van der Waals surface area (Å²) in [5, 5.41) is 0. The summed E-state index contributed by atoms with van der Waals surface area (Å²) in [5.74, 6) is 1.29. The Morgan fingerprint density at radius 1 is 1.17 bits per heavy atom. The summed E-state index contributed by atoms with van der Waals surface area (Å²) < 4.78 is 2.25. The molecule has 0 radical (unpaired) electrons. The van der Waals surface area contributed by atoms with Gasteiger partial charge in [0.2, 0.25) is 5.91 Å². The first-order chi connectivity index (χ1) is 11.1. The van der Waals surface area contributed by atoms with E-state index in [4.69, 9.17) is 0 Å². The number of aromatic nitrogens is 2. The molecule has 0 unspecified atom stereocenters. The maximum Gasteiger partial charge on any atom is 0.226 e. The molecule has 0 aliphatic carbocycles. The number of aryl methyl sites for hydroxylation is 1. The first kappa shape index (κ1) is 16.0. The van der Waals surface area contributed by atoms with Crippen molar-refractivity contribution in [3.05, 3.63) is 29.6 Å². The van der Waals surface area contributed by atoms with Crippen LogP contribution in [-0.2, 0) is 11.2 Å². The van der Waals surface area contributed by atoms with Gasteiger partial charge in [0.25, 0.3) is 0 Å². The van der Waals surface area contributed by atoms with Crippen molar-refractivity contribution in [3.8, 4) is 0 Å². The van der Waals surface area contributed by atoms with Gasteiger partial charge in [-0.25, -0.2) is 4.98 Å². The van der Waals surface area contributed by atoms with Gasteiger partial charge in [0.15, 0.2) is 0 Å². The summed E-state index contributed by atoms with van der Waals surface area (Å²) in [4.78, 5) is 19.2. The third-order valence-electron chi connectivity index (χ3n) is 4.76. The lowest BCUT2D eigenvalue weighted by atomic mass is 10.1. The highest BCUT2D eigenvalue weighted by Crippen LogP contribution is 2.22. The van der Waals surface area contributed by atoms with E-state index in [1.54, 1.807) is 0 Å². The number of fused-ring (bicyclic) bond motifs is 1. The lowest BCUT2D eigenvalue weighted by molar-refractivity contribution is -0.130. The molecule has 1 fully saturated rings. The number of nitrogens with zero attached hydrogens (tertiary/aromatic N) is 3. The SMILES string of the molecule is Cc1nc2cc(CC(=O)N3CCCCCC3)ccc2n1C(C)C. The van der Waals surface area contributed by atoms with Gasteiger partial charge in [-0.3, -0.25) is 4.79 Å². The molecule has 0 saturated carbocycles. The second kappa shape index (κ2) is 6.73. The van der Waals surface area contributed by atoms with Gasteiger partial charge in [0.1, 0.15) is 5.82 Å². The van der Waals surface area contributed by atoms with E-state index in [9.17, 15) is 4.79 Å². The molecule has 1 aromatic carbocycles. The van der Waals surface area contributed by atoms with Crippen LogP contribution in [0.1, 0.15) is 57.0 Å². The van der Waals surface area contributed by atoms with Gasteiger partial charge in [-0.1, -0.05) is 18.9 Å². The minimum atomic E-state index is 0.256. The standard InChI is InChI=1S/C19H27N3O/c1-14(2)22-15(3)20-17-12-16(8-9-18(17)22)13-19(23)21-10-6-4-5-7-11-21/h8-9,12,14H,4-7,10-11,13H2,1-3H3. The Hall–Kier alpha value is -1.84. The van der Waals surface area contributed by atoms with Gasteiger partial charge in [0.05, 0.1) is 17.5 Å². The van der Waals surface area contributed by atoms with E-state index >= 15 is 0 Å². The predicted octanol–water partition coefficient (Wildman–Crippen LogP) is 3.87. The highest BCUT2D eigenvalue weighted by atomic mass is 16.2. The number of carbonyl (C=O) groups is 1. The zero-order chi connectivity index (χ0) is 16.4. The molecule has 0 N–H and O–H groups in total. The van der Waals surface area contributed by atoms with Gasteiger partial charge in [-0.2, -0.15) is 0 Å². The van der Waals surface area contributed by atoms with Crippen molar-refractivity contribution in [1.82, 2.24) is 14.5 Å². The molecule has 3 rings (SSSR count). The number of hydrogen-bond donors (Lipinski definition) is 0. The van der Waals surface area contributed by atoms with Crippen molar-refractivity contribution in [2.24, 2.45) is 0 Å². The smallest absolute Gasteiger partial charge is 0.226 e. The lowest BCUT2D eigenvalue weighted by Crippen LogP contribution is -2.33. The van der Waals surface area contributed by atoms with Crippen molar-refractivity contribution < 1.29 is 4.79 Å². The van der Waals surface area contributed by atoms with Crippen molar-refractivity contribution in [2.75, 3.05) is 13.1 Å². The number of rotatable bonds is 3. The van der Waals surface area contributed by atoms with Crippen molar-refractivity contribution >= 4 is 16.9 Å². The molecule has 1 aliphatic heterocycles.